The lowest BCUT2D eigenvalue weighted by molar-refractivity contribution is -0.123. The molecule has 2 heterocycles. The van der Waals surface area contributed by atoms with Gasteiger partial charge in [-0.2, -0.15) is 0 Å². The lowest BCUT2D eigenvalue weighted by Gasteiger charge is -2.11. The van der Waals surface area contributed by atoms with Crippen molar-refractivity contribution in [1.29, 1.82) is 0 Å². The van der Waals surface area contributed by atoms with Gasteiger partial charge in [0.25, 0.3) is 5.91 Å². The van der Waals surface area contributed by atoms with Crippen molar-refractivity contribution in [2.24, 2.45) is 0 Å². The van der Waals surface area contributed by atoms with Crippen LogP contribution in [0.3, 0.4) is 0 Å². The second-order valence-corrected chi connectivity index (χ2v) is 6.84. The average molecular weight is 353 g/mol. The number of nitrogens with one attached hydrogen (secondary N) is 1. The molecule has 26 heavy (non-hydrogen) atoms. The highest BCUT2D eigenvalue weighted by Gasteiger charge is 2.33. The maximum atomic E-state index is 13.0. The van der Waals surface area contributed by atoms with Crippen LogP contribution in [0, 0.1) is 5.82 Å². The van der Waals surface area contributed by atoms with Gasteiger partial charge < -0.3 is 9.88 Å². The molecule has 0 bridgehead atoms. The van der Waals surface area contributed by atoms with Crippen LogP contribution < -0.4 is 5.32 Å². The fourth-order valence-electron chi connectivity index (χ4n) is 3.60. The fraction of sp³-hybridized carbons (Fsp3) is 0.300. The molecule has 1 saturated carbocycles. The van der Waals surface area contributed by atoms with Crippen molar-refractivity contribution in [3.8, 4) is 0 Å². The molecule has 5 nitrogen and oxygen atoms in total. The maximum Gasteiger partial charge on any atom is 0.329 e. The van der Waals surface area contributed by atoms with Crippen molar-refractivity contribution in [3.63, 3.8) is 0 Å². The lowest BCUT2D eigenvalue weighted by Crippen LogP contribution is -2.30. The smallest absolute Gasteiger partial charge is 0.329 e. The standard InChI is InChI=1S/C20H20FN3O2/c21-16-7-5-14(6-8-16)13-24-19(25)18(22-20(24)26)11-15-9-10-23(12-15)17-3-1-2-4-17/h5-12,17H,1-4,13H2,(H,22,26)/b18-11+. The Labute approximate surface area is 151 Å². The number of hydrogen-bond acceptors (Lipinski definition) is 2. The van der Waals surface area contributed by atoms with Gasteiger partial charge in [-0.05, 0) is 48.2 Å². The normalized spacial score (nSPS) is 19.6. The second-order valence-electron chi connectivity index (χ2n) is 6.84. The number of imide groups is 1. The van der Waals surface area contributed by atoms with E-state index >= 15 is 0 Å². The summed E-state index contributed by atoms with van der Waals surface area (Å²) in [6.45, 7) is 0.116. The Balaban J connectivity index is 1.49. The molecule has 2 aromatic rings. The monoisotopic (exact) mass is 353 g/mol. The molecular weight excluding hydrogens is 333 g/mol. The molecule has 1 aromatic carbocycles. The van der Waals surface area contributed by atoms with Crippen molar-refractivity contribution in [2.75, 3.05) is 0 Å². The predicted octanol–water partition coefficient (Wildman–Crippen LogP) is 3.84. The number of rotatable bonds is 4. The van der Waals surface area contributed by atoms with E-state index in [0.29, 0.717) is 11.6 Å². The van der Waals surface area contributed by atoms with Crippen LogP contribution >= 0.6 is 0 Å². The van der Waals surface area contributed by atoms with Crippen molar-refractivity contribution < 1.29 is 14.0 Å². The Morgan fingerprint density at radius 3 is 2.58 bits per heavy atom. The number of nitrogens with zero attached hydrogens (tertiary/aromatic N) is 2. The summed E-state index contributed by atoms with van der Waals surface area (Å²) in [6, 6.07) is 7.80. The lowest BCUT2D eigenvalue weighted by atomic mass is 10.2. The molecule has 6 heteroatoms. The highest BCUT2D eigenvalue weighted by atomic mass is 19.1. The Morgan fingerprint density at radius 2 is 1.85 bits per heavy atom. The van der Waals surface area contributed by atoms with Crippen molar-refractivity contribution >= 4 is 18.0 Å². The number of benzene rings is 1. The van der Waals surface area contributed by atoms with Crippen LogP contribution in [0.5, 0.6) is 0 Å². The molecule has 0 atom stereocenters. The number of hydrogen-bond donors (Lipinski definition) is 1. The Morgan fingerprint density at radius 1 is 1.12 bits per heavy atom. The summed E-state index contributed by atoms with van der Waals surface area (Å²) in [4.78, 5) is 25.8. The molecule has 1 aromatic heterocycles. The second kappa shape index (κ2) is 6.78. The quantitative estimate of drug-likeness (QED) is 0.671. The highest BCUT2D eigenvalue weighted by Crippen LogP contribution is 2.30. The molecule has 4 rings (SSSR count). The zero-order valence-electron chi connectivity index (χ0n) is 14.3. The van der Waals surface area contributed by atoms with E-state index in [1.807, 2.05) is 18.5 Å². The Kier molecular flexibility index (Phi) is 4.32. The third kappa shape index (κ3) is 3.27. The zero-order chi connectivity index (χ0) is 18.1. The molecule has 1 aliphatic heterocycles. The Hall–Kier alpha value is -2.89. The van der Waals surface area contributed by atoms with Gasteiger partial charge in [-0.3, -0.25) is 9.69 Å². The van der Waals surface area contributed by atoms with Gasteiger partial charge in [-0.1, -0.05) is 25.0 Å². The molecule has 1 saturated heterocycles. The fourth-order valence-corrected chi connectivity index (χ4v) is 3.60. The molecule has 2 aliphatic rings. The first kappa shape index (κ1) is 16.6. The van der Waals surface area contributed by atoms with Crippen LogP contribution in [0.15, 0.2) is 48.4 Å². The van der Waals surface area contributed by atoms with Crippen LogP contribution in [0.2, 0.25) is 0 Å². The topological polar surface area (TPSA) is 54.3 Å². The Bertz CT molecular complexity index is 863. The summed E-state index contributed by atoms with van der Waals surface area (Å²) in [6.07, 6.45) is 10.6. The predicted molar refractivity (Wildman–Crippen MR) is 95.4 cm³/mol. The number of aromatic nitrogens is 1. The van der Waals surface area contributed by atoms with E-state index in [1.165, 1.54) is 37.8 Å². The molecule has 0 unspecified atom stereocenters. The van der Waals surface area contributed by atoms with E-state index < -0.39 is 6.03 Å². The SMILES string of the molecule is O=C1N/C(=C/c2ccn(C3CCCC3)c2)C(=O)N1Cc1ccc(F)cc1. The average Bonchev–Trinajstić information content (AvgIpc) is 3.35. The maximum absolute atomic E-state index is 13.0. The molecule has 1 aliphatic carbocycles. The van der Waals surface area contributed by atoms with Gasteiger partial charge in [0.2, 0.25) is 0 Å². The van der Waals surface area contributed by atoms with E-state index in [-0.39, 0.29) is 24.0 Å². The third-order valence-corrected chi connectivity index (χ3v) is 5.01. The van der Waals surface area contributed by atoms with Crippen LogP contribution in [0.4, 0.5) is 9.18 Å². The van der Waals surface area contributed by atoms with Crippen LogP contribution in [0.1, 0.15) is 42.9 Å². The summed E-state index contributed by atoms with van der Waals surface area (Å²) in [5.74, 6) is -0.716. The number of urea groups is 1. The zero-order valence-corrected chi connectivity index (χ0v) is 14.3. The van der Waals surface area contributed by atoms with E-state index in [1.54, 1.807) is 18.2 Å². The summed E-state index contributed by atoms with van der Waals surface area (Å²) >= 11 is 0. The first-order chi connectivity index (χ1) is 12.6. The molecule has 3 amide bonds. The van der Waals surface area contributed by atoms with Gasteiger partial charge in [0.15, 0.2) is 0 Å². The van der Waals surface area contributed by atoms with Gasteiger partial charge in [0.1, 0.15) is 11.5 Å². The molecule has 2 fully saturated rings. The molecule has 0 spiro atoms. The van der Waals surface area contributed by atoms with E-state index in [0.717, 1.165) is 10.5 Å². The molecular formula is C20H20FN3O2. The van der Waals surface area contributed by atoms with E-state index in [2.05, 4.69) is 9.88 Å². The minimum atomic E-state index is -0.458. The van der Waals surface area contributed by atoms with Gasteiger partial charge >= 0.3 is 6.03 Å². The summed E-state index contributed by atoms with van der Waals surface area (Å²) in [7, 11) is 0. The highest BCUT2D eigenvalue weighted by molar-refractivity contribution is 6.13. The molecule has 0 radical (unpaired) electrons. The van der Waals surface area contributed by atoms with E-state index in [9.17, 15) is 14.0 Å². The van der Waals surface area contributed by atoms with Gasteiger partial charge in [-0.25, -0.2) is 9.18 Å². The summed E-state index contributed by atoms with van der Waals surface area (Å²) in [5.41, 5.74) is 1.86. The minimum absolute atomic E-state index is 0.116. The van der Waals surface area contributed by atoms with Gasteiger partial charge in [0.05, 0.1) is 6.54 Å². The van der Waals surface area contributed by atoms with Crippen LogP contribution in [-0.2, 0) is 11.3 Å². The van der Waals surface area contributed by atoms with Crippen molar-refractivity contribution in [1.82, 2.24) is 14.8 Å². The number of carbonyl (C=O) groups is 2. The number of carbonyl (C=O) groups excluding carboxylic acids is 2. The minimum Gasteiger partial charge on any atom is -0.351 e. The van der Waals surface area contributed by atoms with Gasteiger partial charge in [-0.15, -0.1) is 0 Å². The first-order valence-electron chi connectivity index (χ1n) is 8.86. The number of amides is 3. The molecule has 134 valence electrons. The van der Waals surface area contributed by atoms with Crippen LogP contribution in [0.25, 0.3) is 6.08 Å². The first-order valence-corrected chi connectivity index (χ1v) is 8.86. The van der Waals surface area contributed by atoms with E-state index in [4.69, 9.17) is 0 Å². The van der Waals surface area contributed by atoms with Crippen LogP contribution in [-0.4, -0.2) is 21.4 Å². The number of halogens is 1. The third-order valence-electron chi connectivity index (χ3n) is 5.01. The molecule has 1 N–H and O–H groups in total. The largest absolute Gasteiger partial charge is 0.351 e. The summed E-state index contributed by atoms with van der Waals surface area (Å²) < 4.78 is 15.2. The summed E-state index contributed by atoms with van der Waals surface area (Å²) in [5, 5.41) is 2.63. The van der Waals surface area contributed by atoms with Crippen molar-refractivity contribution in [3.05, 3.63) is 65.4 Å². The van der Waals surface area contributed by atoms with Gasteiger partial charge in [0, 0.05) is 18.4 Å². The van der Waals surface area contributed by atoms with Crippen molar-refractivity contribution in [2.45, 2.75) is 38.3 Å².